The molecule has 8 aromatic carbocycles. The monoisotopic (exact) mass is 955 g/mol. The molecule has 0 radical (unpaired) electrons. The maximum Gasteiger partial charge on any atom is 0.137 e. The minimum atomic E-state index is -0.361. The summed E-state index contributed by atoms with van der Waals surface area (Å²) in [6, 6.07) is 73.1. The lowest BCUT2D eigenvalue weighted by Gasteiger charge is -2.30. The molecular formula is C68H66N4O. The number of hydrogen-bond acceptors (Lipinski definition) is 4. The predicted octanol–water partition coefficient (Wildman–Crippen LogP) is 18.1. The van der Waals surface area contributed by atoms with Crippen LogP contribution in [0.25, 0.3) is 38.8 Å². The molecule has 0 unspecified atom stereocenters. The van der Waals surface area contributed by atoms with Crippen molar-refractivity contribution in [1.29, 1.82) is 0 Å². The average molecular weight is 955 g/mol. The molecule has 11 rings (SSSR count). The van der Waals surface area contributed by atoms with Crippen LogP contribution in [-0.4, -0.2) is 16.2 Å². The molecule has 0 bridgehead atoms. The lowest BCUT2D eigenvalue weighted by molar-refractivity contribution is 0.480. The van der Waals surface area contributed by atoms with Gasteiger partial charge in [0.2, 0.25) is 0 Å². The Morgan fingerprint density at radius 1 is 0.384 bits per heavy atom. The maximum atomic E-state index is 7.20. The van der Waals surface area contributed by atoms with Gasteiger partial charge in [0.15, 0.2) is 0 Å². The fourth-order valence-electron chi connectivity index (χ4n) is 10.7. The van der Waals surface area contributed by atoms with Gasteiger partial charge in [-0.3, -0.25) is 4.57 Å². The summed E-state index contributed by atoms with van der Waals surface area (Å²) < 4.78 is 9.49. The molecule has 0 saturated carbocycles. The smallest absolute Gasteiger partial charge is 0.137 e. The fourth-order valence-corrected chi connectivity index (χ4v) is 10.7. The SMILES string of the molecule is CC(C)(C)c1cc(-c2ccccc2)cc(N2CN(c3cc(Oc4ccc5c6ccccc6n(-c6cc(C(C)(C)C)ccn6)c5c4)cc(C(C)(C)c4ccccc4)c3)c3cc(C(C)(C)c4ccccc4)ccc32)c1. The van der Waals surface area contributed by atoms with E-state index in [1.54, 1.807) is 0 Å². The Balaban J connectivity index is 1.09. The molecular weight excluding hydrogens is 889 g/mol. The normalized spacial score (nSPS) is 13.2. The zero-order valence-corrected chi connectivity index (χ0v) is 44.0. The van der Waals surface area contributed by atoms with Gasteiger partial charge in [-0.25, -0.2) is 4.98 Å². The van der Waals surface area contributed by atoms with E-state index in [0.717, 1.165) is 62.0 Å². The third-order valence-electron chi connectivity index (χ3n) is 15.4. The van der Waals surface area contributed by atoms with Crippen LogP contribution >= 0.6 is 0 Å². The second-order valence-corrected chi connectivity index (χ2v) is 23.1. The highest BCUT2D eigenvalue weighted by atomic mass is 16.5. The Morgan fingerprint density at radius 3 is 1.66 bits per heavy atom. The van der Waals surface area contributed by atoms with Crippen molar-refractivity contribution >= 4 is 44.6 Å². The summed E-state index contributed by atoms with van der Waals surface area (Å²) in [6.07, 6.45) is 1.94. The van der Waals surface area contributed by atoms with Crippen LogP contribution in [0.5, 0.6) is 11.5 Å². The topological polar surface area (TPSA) is 33.5 Å². The Bertz CT molecular complexity index is 3650. The first kappa shape index (κ1) is 47.4. The zero-order chi connectivity index (χ0) is 50.9. The average Bonchev–Trinajstić information content (AvgIpc) is 3.95. The molecule has 3 heterocycles. The number of pyridine rings is 1. The Morgan fingerprint density at radius 2 is 0.973 bits per heavy atom. The highest BCUT2D eigenvalue weighted by Gasteiger charge is 2.34. The minimum absolute atomic E-state index is 0.0326. The number of anilines is 4. The zero-order valence-electron chi connectivity index (χ0n) is 44.0. The maximum absolute atomic E-state index is 7.20. The summed E-state index contributed by atoms with van der Waals surface area (Å²) in [5, 5.41) is 2.33. The predicted molar refractivity (Wildman–Crippen MR) is 307 cm³/mol. The van der Waals surface area contributed by atoms with Crippen LogP contribution in [0.2, 0.25) is 0 Å². The summed E-state index contributed by atoms with van der Waals surface area (Å²) in [5.41, 5.74) is 15.8. The first-order valence-corrected chi connectivity index (χ1v) is 25.8. The van der Waals surface area contributed by atoms with Gasteiger partial charge in [0, 0.05) is 51.3 Å². The summed E-state index contributed by atoms with van der Waals surface area (Å²) in [4.78, 5) is 9.97. The van der Waals surface area contributed by atoms with Crippen molar-refractivity contribution in [2.45, 2.75) is 90.9 Å². The molecule has 0 saturated heterocycles. The van der Waals surface area contributed by atoms with E-state index in [1.807, 2.05) is 6.20 Å². The minimum Gasteiger partial charge on any atom is -0.457 e. The third-order valence-corrected chi connectivity index (χ3v) is 15.4. The van der Waals surface area contributed by atoms with E-state index in [2.05, 4.69) is 284 Å². The van der Waals surface area contributed by atoms with Crippen LogP contribution in [0.15, 0.2) is 206 Å². The number of rotatable bonds is 10. The van der Waals surface area contributed by atoms with E-state index >= 15 is 0 Å². The summed E-state index contributed by atoms with van der Waals surface area (Å²) in [5.74, 6) is 2.42. The lowest BCUT2D eigenvalue weighted by Crippen LogP contribution is -2.25. The number of aromatic nitrogens is 2. The molecule has 5 nitrogen and oxygen atoms in total. The molecule has 1 aliphatic rings. The molecule has 2 aromatic heterocycles. The van der Waals surface area contributed by atoms with E-state index in [0.29, 0.717) is 6.67 Å². The van der Waals surface area contributed by atoms with E-state index < -0.39 is 0 Å². The highest BCUT2D eigenvalue weighted by Crippen LogP contribution is 2.50. The van der Waals surface area contributed by atoms with E-state index in [1.165, 1.54) is 44.3 Å². The van der Waals surface area contributed by atoms with Crippen molar-refractivity contribution in [2.75, 3.05) is 16.5 Å². The fraction of sp³-hybridized carbons (Fsp3) is 0.221. The number of hydrogen-bond donors (Lipinski definition) is 0. The van der Waals surface area contributed by atoms with Crippen LogP contribution < -0.4 is 14.5 Å². The van der Waals surface area contributed by atoms with Crippen molar-refractivity contribution < 1.29 is 4.74 Å². The molecule has 73 heavy (non-hydrogen) atoms. The van der Waals surface area contributed by atoms with Crippen molar-refractivity contribution in [3.8, 4) is 28.4 Å². The van der Waals surface area contributed by atoms with Crippen LogP contribution in [0.4, 0.5) is 22.7 Å². The van der Waals surface area contributed by atoms with Gasteiger partial charge in [0.05, 0.1) is 22.4 Å². The molecule has 0 aliphatic carbocycles. The number of ether oxygens (including phenoxy) is 1. The molecule has 0 amide bonds. The molecule has 5 heteroatoms. The quantitative estimate of drug-likeness (QED) is 0.137. The van der Waals surface area contributed by atoms with Gasteiger partial charge in [0.1, 0.15) is 24.0 Å². The second-order valence-electron chi connectivity index (χ2n) is 23.1. The summed E-state index contributed by atoms with van der Waals surface area (Å²) in [7, 11) is 0. The van der Waals surface area contributed by atoms with E-state index in [-0.39, 0.29) is 21.7 Å². The van der Waals surface area contributed by atoms with Crippen molar-refractivity contribution in [2.24, 2.45) is 0 Å². The molecule has 10 aromatic rings. The molecule has 0 spiro atoms. The van der Waals surface area contributed by atoms with Crippen LogP contribution in [-0.2, 0) is 21.7 Å². The Labute approximate surface area is 432 Å². The first-order valence-electron chi connectivity index (χ1n) is 25.8. The van der Waals surface area contributed by atoms with E-state index in [4.69, 9.17) is 9.72 Å². The Kier molecular flexibility index (Phi) is 11.7. The highest BCUT2D eigenvalue weighted by molar-refractivity contribution is 6.09. The molecule has 0 fully saturated rings. The first-order chi connectivity index (χ1) is 34.9. The van der Waals surface area contributed by atoms with Gasteiger partial charge in [0.25, 0.3) is 0 Å². The van der Waals surface area contributed by atoms with Crippen LogP contribution in [0.1, 0.15) is 103 Å². The molecule has 1 aliphatic heterocycles. The summed E-state index contributed by atoms with van der Waals surface area (Å²) in [6.45, 7) is 23.6. The largest absolute Gasteiger partial charge is 0.457 e. The molecule has 364 valence electrons. The van der Waals surface area contributed by atoms with Gasteiger partial charge in [-0.05, 0) is 122 Å². The van der Waals surface area contributed by atoms with Gasteiger partial charge < -0.3 is 14.5 Å². The van der Waals surface area contributed by atoms with Crippen molar-refractivity contribution in [1.82, 2.24) is 9.55 Å². The van der Waals surface area contributed by atoms with Crippen molar-refractivity contribution in [3.05, 3.63) is 240 Å². The van der Waals surface area contributed by atoms with Gasteiger partial charge >= 0.3 is 0 Å². The van der Waals surface area contributed by atoms with E-state index in [9.17, 15) is 0 Å². The molecule has 0 atom stereocenters. The lowest BCUT2D eigenvalue weighted by atomic mass is 9.77. The number of benzene rings is 8. The van der Waals surface area contributed by atoms with Crippen LogP contribution in [0.3, 0.4) is 0 Å². The molecule has 0 N–H and O–H groups in total. The van der Waals surface area contributed by atoms with Gasteiger partial charge in [-0.15, -0.1) is 0 Å². The summed E-state index contributed by atoms with van der Waals surface area (Å²) >= 11 is 0. The Hall–Kier alpha value is -7.89. The van der Waals surface area contributed by atoms with Crippen LogP contribution in [0, 0.1) is 0 Å². The van der Waals surface area contributed by atoms with Crippen molar-refractivity contribution in [3.63, 3.8) is 0 Å². The second kappa shape index (κ2) is 18.0. The van der Waals surface area contributed by atoms with Gasteiger partial charge in [-0.1, -0.05) is 191 Å². The standard InChI is InChI=1S/C68H66N4O/c1-65(2,3)50-34-35-69-64(42-50)72-60-29-21-20-28-58(60)59-32-31-56(44-62(59)72)73-57-40-53(68(9,10)49-26-18-13-19-27-49)39-55(43-57)71-45-70(54-37-47(46-22-14-11-15-23-46)36-52(38-54)66(4,5)6)61-33-30-51(41-63(61)71)67(7,8)48-24-16-12-17-25-48/h11-44H,45H2,1-10H3. The van der Waals surface area contributed by atoms with Gasteiger partial charge in [-0.2, -0.15) is 0 Å². The number of fused-ring (bicyclic) bond motifs is 4. The third kappa shape index (κ3) is 8.86. The number of nitrogens with zero attached hydrogens (tertiary/aromatic N) is 4. The number of para-hydroxylation sites is 1.